The molecule has 0 aliphatic rings. The summed E-state index contributed by atoms with van der Waals surface area (Å²) < 4.78 is 1.68. The number of hydrogen-bond donors (Lipinski definition) is 1. The SMILES string of the molecule is Cc1nn(C)c(C)c1NC(=O)c1cc(Cl)nnc1Cl. The van der Waals surface area contributed by atoms with Gasteiger partial charge in [-0.3, -0.25) is 9.48 Å². The van der Waals surface area contributed by atoms with Crippen molar-refractivity contribution in [2.24, 2.45) is 7.05 Å². The van der Waals surface area contributed by atoms with Gasteiger partial charge in [-0.15, -0.1) is 10.2 Å². The lowest BCUT2D eigenvalue weighted by Crippen LogP contribution is -2.14. The van der Waals surface area contributed by atoms with Crippen molar-refractivity contribution < 1.29 is 4.79 Å². The summed E-state index contributed by atoms with van der Waals surface area (Å²) in [5.41, 5.74) is 2.38. The average Bonchev–Trinajstić information content (AvgIpc) is 2.59. The maximum absolute atomic E-state index is 12.1. The molecule has 100 valence electrons. The first kappa shape index (κ1) is 13.8. The Morgan fingerprint density at radius 3 is 2.58 bits per heavy atom. The highest BCUT2D eigenvalue weighted by molar-refractivity contribution is 6.34. The predicted octanol–water partition coefficient (Wildman–Crippen LogP) is 2.39. The highest BCUT2D eigenvalue weighted by atomic mass is 35.5. The van der Waals surface area contributed by atoms with Crippen molar-refractivity contribution in [2.75, 3.05) is 5.32 Å². The third-order valence-corrected chi connectivity index (χ3v) is 3.18. The van der Waals surface area contributed by atoms with Gasteiger partial charge in [0.1, 0.15) is 0 Å². The van der Waals surface area contributed by atoms with Crippen LogP contribution >= 0.6 is 23.2 Å². The van der Waals surface area contributed by atoms with Crippen LogP contribution in [0.5, 0.6) is 0 Å². The van der Waals surface area contributed by atoms with Crippen LogP contribution in [0.2, 0.25) is 10.3 Å². The number of aromatic nitrogens is 4. The Kier molecular flexibility index (Phi) is 3.73. The van der Waals surface area contributed by atoms with Crippen LogP contribution in [0.3, 0.4) is 0 Å². The molecule has 0 fully saturated rings. The third kappa shape index (κ3) is 2.69. The second kappa shape index (κ2) is 5.14. The predicted molar refractivity (Wildman–Crippen MR) is 72.7 cm³/mol. The van der Waals surface area contributed by atoms with Crippen LogP contribution in [-0.2, 0) is 7.05 Å². The van der Waals surface area contributed by atoms with Crippen LogP contribution in [0.25, 0.3) is 0 Å². The molecule has 0 aliphatic carbocycles. The van der Waals surface area contributed by atoms with E-state index in [0.717, 1.165) is 11.4 Å². The highest BCUT2D eigenvalue weighted by Crippen LogP contribution is 2.21. The lowest BCUT2D eigenvalue weighted by atomic mass is 10.2. The Labute approximate surface area is 119 Å². The Balaban J connectivity index is 2.33. The maximum Gasteiger partial charge on any atom is 0.259 e. The van der Waals surface area contributed by atoms with Gasteiger partial charge >= 0.3 is 0 Å². The van der Waals surface area contributed by atoms with Crippen LogP contribution < -0.4 is 5.32 Å². The Morgan fingerprint density at radius 2 is 2.00 bits per heavy atom. The summed E-state index contributed by atoms with van der Waals surface area (Å²) >= 11 is 11.5. The minimum Gasteiger partial charge on any atom is -0.319 e. The van der Waals surface area contributed by atoms with Crippen LogP contribution in [-0.4, -0.2) is 25.9 Å². The molecular weight excluding hydrogens is 289 g/mol. The quantitative estimate of drug-likeness (QED) is 0.924. The average molecular weight is 300 g/mol. The van der Waals surface area contributed by atoms with Crippen LogP contribution in [0, 0.1) is 13.8 Å². The zero-order chi connectivity index (χ0) is 14.2. The molecule has 1 amide bonds. The van der Waals surface area contributed by atoms with E-state index in [4.69, 9.17) is 23.2 Å². The lowest BCUT2D eigenvalue weighted by molar-refractivity contribution is 0.102. The first-order chi connectivity index (χ1) is 8.90. The second-order valence-electron chi connectivity index (χ2n) is 4.00. The minimum atomic E-state index is -0.402. The molecule has 0 atom stereocenters. The van der Waals surface area contributed by atoms with E-state index in [0.29, 0.717) is 5.69 Å². The highest BCUT2D eigenvalue weighted by Gasteiger charge is 2.17. The Morgan fingerprint density at radius 1 is 1.32 bits per heavy atom. The summed E-state index contributed by atoms with van der Waals surface area (Å²) in [5.74, 6) is -0.402. The maximum atomic E-state index is 12.1. The Hall–Kier alpha value is -1.66. The van der Waals surface area contributed by atoms with E-state index in [1.165, 1.54) is 6.07 Å². The van der Waals surface area contributed by atoms with Gasteiger partial charge in [0.15, 0.2) is 10.3 Å². The molecular formula is C11H11Cl2N5O. The standard InChI is InChI=1S/C11H11Cl2N5O/c1-5-9(6(2)18(3)17-5)14-11(19)7-4-8(12)15-16-10(7)13/h4H,1-3H3,(H,14,19). The minimum absolute atomic E-state index is 0.00102. The van der Waals surface area contributed by atoms with Crippen molar-refractivity contribution in [3.63, 3.8) is 0 Å². The van der Waals surface area contributed by atoms with Crippen LogP contribution in [0.15, 0.2) is 6.07 Å². The summed E-state index contributed by atoms with van der Waals surface area (Å²) in [6.07, 6.45) is 0. The van der Waals surface area contributed by atoms with Crippen molar-refractivity contribution in [2.45, 2.75) is 13.8 Å². The summed E-state index contributed by atoms with van der Waals surface area (Å²) in [6, 6.07) is 1.37. The van der Waals surface area contributed by atoms with Gasteiger partial charge in [0.05, 0.1) is 22.6 Å². The first-order valence-electron chi connectivity index (χ1n) is 5.40. The fourth-order valence-electron chi connectivity index (χ4n) is 1.65. The van der Waals surface area contributed by atoms with Gasteiger partial charge in [-0.2, -0.15) is 5.10 Å². The zero-order valence-corrected chi connectivity index (χ0v) is 12.0. The number of anilines is 1. The van der Waals surface area contributed by atoms with E-state index in [2.05, 4.69) is 20.6 Å². The van der Waals surface area contributed by atoms with E-state index >= 15 is 0 Å². The van der Waals surface area contributed by atoms with Gasteiger partial charge in [-0.05, 0) is 19.9 Å². The molecule has 2 aromatic rings. The molecule has 0 aliphatic heterocycles. The molecule has 0 spiro atoms. The van der Waals surface area contributed by atoms with E-state index < -0.39 is 5.91 Å². The largest absolute Gasteiger partial charge is 0.319 e. The molecule has 19 heavy (non-hydrogen) atoms. The molecule has 0 saturated heterocycles. The van der Waals surface area contributed by atoms with E-state index in [-0.39, 0.29) is 15.9 Å². The number of carbonyl (C=O) groups is 1. The summed E-state index contributed by atoms with van der Waals surface area (Å²) in [6.45, 7) is 3.66. The van der Waals surface area contributed by atoms with E-state index in [1.54, 1.807) is 11.7 Å². The number of aryl methyl sites for hydroxylation is 2. The molecule has 0 aromatic carbocycles. The summed E-state index contributed by atoms with van der Waals surface area (Å²) in [4.78, 5) is 12.1. The fraction of sp³-hybridized carbons (Fsp3) is 0.273. The zero-order valence-electron chi connectivity index (χ0n) is 10.5. The van der Waals surface area contributed by atoms with Crippen molar-refractivity contribution in [3.05, 3.63) is 33.3 Å². The van der Waals surface area contributed by atoms with E-state index in [1.807, 2.05) is 13.8 Å². The molecule has 0 unspecified atom stereocenters. The third-order valence-electron chi connectivity index (χ3n) is 2.71. The molecule has 2 aromatic heterocycles. The Bertz CT molecular complexity index is 653. The molecule has 1 N–H and O–H groups in total. The van der Waals surface area contributed by atoms with Gasteiger partial charge in [0.25, 0.3) is 5.91 Å². The van der Waals surface area contributed by atoms with Crippen molar-refractivity contribution in [1.82, 2.24) is 20.0 Å². The van der Waals surface area contributed by atoms with Crippen molar-refractivity contribution in [1.29, 1.82) is 0 Å². The molecule has 0 bridgehead atoms. The lowest BCUT2D eigenvalue weighted by Gasteiger charge is -2.06. The smallest absolute Gasteiger partial charge is 0.259 e. The molecule has 2 rings (SSSR count). The van der Waals surface area contributed by atoms with E-state index in [9.17, 15) is 4.79 Å². The van der Waals surface area contributed by atoms with Gasteiger partial charge in [-0.25, -0.2) is 0 Å². The van der Waals surface area contributed by atoms with Gasteiger partial charge in [0, 0.05) is 7.05 Å². The monoisotopic (exact) mass is 299 g/mol. The first-order valence-corrected chi connectivity index (χ1v) is 6.16. The fourth-order valence-corrected chi connectivity index (χ4v) is 1.97. The molecule has 6 nitrogen and oxygen atoms in total. The number of amides is 1. The van der Waals surface area contributed by atoms with Crippen LogP contribution in [0.1, 0.15) is 21.7 Å². The summed E-state index contributed by atoms with van der Waals surface area (Å²) in [7, 11) is 1.80. The molecule has 0 radical (unpaired) electrons. The number of rotatable bonds is 2. The van der Waals surface area contributed by atoms with Crippen molar-refractivity contribution in [3.8, 4) is 0 Å². The van der Waals surface area contributed by atoms with Crippen LogP contribution in [0.4, 0.5) is 5.69 Å². The normalized spacial score (nSPS) is 10.6. The summed E-state index contributed by atoms with van der Waals surface area (Å²) in [5, 5.41) is 14.2. The number of nitrogens with zero attached hydrogens (tertiary/aromatic N) is 4. The number of nitrogens with one attached hydrogen (secondary N) is 1. The van der Waals surface area contributed by atoms with Crippen molar-refractivity contribution >= 4 is 34.8 Å². The number of halogens is 2. The molecule has 8 heteroatoms. The second-order valence-corrected chi connectivity index (χ2v) is 4.74. The van der Waals surface area contributed by atoms with Gasteiger partial charge in [0.2, 0.25) is 0 Å². The molecule has 2 heterocycles. The number of hydrogen-bond acceptors (Lipinski definition) is 4. The number of carbonyl (C=O) groups excluding carboxylic acids is 1. The topological polar surface area (TPSA) is 72.7 Å². The van der Waals surface area contributed by atoms with Gasteiger partial charge in [-0.1, -0.05) is 23.2 Å². The van der Waals surface area contributed by atoms with Gasteiger partial charge < -0.3 is 5.32 Å². The molecule has 0 saturated carbocycles.